The van der Waals surface area contributed by atoms with Crippen molar-refractivity contribution in [2.24, 2.45) is 5.92 Å². The van der Waals surface area contributed by atoms with Gasteiger partial charge in [0.1, 0.15) is 11.9 Å². The van der Waals surface area contributed by atoms with Crippen LogP contribution in [0.2, 0.25) is 0 Å². The number of rotatable bonds is 4. The number of nitrogens with one attached hydrogen (secondary N) is 2. The molecule has 2 heterocycles. The van der Waals surface area contributed by atoms with E-state index in [0.717, 1.165) is 29.7 Å². The van der Waals surface area contributed by atoms with Crippen molar-refractivity contribution >= 4 is 22.8 Å². The summed E-state index contributed by atoms with van der Waals surface area (Å²) >= 11 is 0. The van der Waals surface area contributed by atoms with Crippen LogP contribution in [-0.4, -0.2) is 45.8 Å². The molecule has 6 nitrogen and oxygen atoms in total. The second kappa shape index (κ2) is 7.25. The van der Waals surface area contributed by atoms with Crippen LogP contribution >= 0.6 is 0 Å². The summed E-state index contributed by atoms with van der Waals surface area (Å²) in [4.78, 5) is 34.1. The molecule has 1 atom stereocenters. The van der Waals surface area contributed by atoms with E-state index in [1.807, 2.05) is 43.0 Å². The van der Waals surface area contributed by atoms with Gasteiger partial charge in [-0.15, -0.1) is 0 Å². The van der Waals surface area contributed by atoms with Gasteiger partial charge in [0, 0.05) is 25.9 Å². The van der Waals surface area contributed by atoms with Crippen molar-refractivity contribution in [3.8, 4) is 0 Å². The molecule has 1 aliphatic heterocycles. The Balaban J connectivity index is 1.64. The van der Waals surface area contributed by atoms with Crippen LogP contribution < -0.4 is 5.32 Å². The van der Waals surface area contributed by atoms with Gasteiger partial charge in [-0.2, -0.15) is 0 Å². The first-order valence-electron chi connectivity index (χ1n) is 8.96. The Morgan fingerprint density at radius 2 is 1.92 bits per heavy atom. The molecule has 0 aliphatic carbocycles. The van der Waals surface area contributed by atoms with Gasteiger partial charge in [0.2, 0.25) is 11.8 Å². The van der Waals surface area contributed by atoms with Gasteiger partial charge >= 0.3 is 0 Å². The number of carbonyl (C=O) groups excluding carboxylic acids is 2. The normalized spacial score (nSPS) is 17.0. The second-order valence-electron chi connectivity index (χ2n) is 7.16. The number of nitrogens with zero attached hydrogens (tertiary/aromatic N) is 2. The molecule has 1 aromatic heterocycles. The zero-order valence-electron chi connectivity index (χ0n) is 15.1. The number of imidazole rings is 1. The molecule has 25 heavy (non-hydrogen) atoms. The van der Waals surface area contributed by atoms with Crippen LogP contribution in [0.3, 0.4) is 0 Å². The Hall–Kier alpha value is -2.37. The smallest absolute Gasteiger partial charge is 0.245 e. The number of fused-ring (bicyclic) bond motifs is 1. The fraction of sp³-hybridized carbons (Fsp3) is 0.526. The Labute approximate surface area is 148 Å². The highest BCUT2D eigenvalue weighted by atomic mass is 16.2. The molecule has 1 aliphatic rings. The Morgan fingerprint density at radius 1 is 1.24 bits per heavy atom. The maximum absolute atomic E-state index is 12.7. The first-order valence-corrected chi connectivity index (χ1v) is 8.96. The average Bonchev–Trinajstić information content (AvgIpc) is 3.03. The topological polar surface area (TPSA) is 78.1 Å². The highest BCUT2D eigenvalue weighted by Crippen LogP contribution is 2.28. The largest absolute Gasteiger partial charge is 0.344 e. The number of aromatic nitrogens is 2. The molecule has 0 radical (unpaired) electrons. The second-order valence-corrected chi connectivity index (χ2v) is 7.16. The summed E-state index contributed by atoms with van der Waals surface area (Å²) in [6.07, 6.45) is 1.77. The van der Waals surface area contributed by atoms with Gasteiger partial charge in [0.05, 0.1) is 11.0 Å². The summed E-state index contributed by atoms with van der Waals surface area (Å²) in [5.41, 5.74) is 2.04. The van der Waals surface area contributed by atoms with Gasteiger partial charge in [-0.05, 0) is 30.9 Å². The van der Waals surface area contributed by atoms with Gasteiger partial charge in [0.25, 0.3) is 0 Å². The summed E-state index contributed by atoms with van der Waals surface area (Å²) in [6, 6.07) is 7.59. The summed E-state index contributed by atoms with van der Waals surface area (Å²) in [5.74, 6) is 1.28. The first kappa shape index (κ1) is 17.5. The molecule has 1 aromatic carbocycles. The number of hydrogen-bond acceptors (Lipinski definition) is 3. The number of H-pyrrole nitrogens is 1. The van der Waals surface area contributed by atoms with Gasteiger partial charge in [0.15, 0.2) is 0 Å². The number of benzene rings is 1. The maximum atomic E-state index is 12.7. The standard InChI is InChI=1S/C19H26N4O2/c1-12(2)17(20-13(3)24)19(25)23-10-8-14(9-11-23)18-21-15-6-4-5-7-16(15)22-18/h4-7,12,14,17H,8-11H2,1-3H3,(H,20,24)(H,21,22). The average molecular weight is 342 g/mol. The number of carbonyl (C=O) groups is 2. The van der Waals surface area contributed by atoms with Crippen molar-refractivity contribution in [2.75, 3.05) is 13.1 Å². The summed E-state index contributed by atoms with van der Waals surface area (Å²) < 4.78 is 0. The molecular weight excluding hydrogens is 316 g/mol. The van der Waals surface area contributed by atoms with Crippen molar-refractivity contribution < 1.29 is 9.59 Å². The Bertz CT molecular complexity index is 727. The molecule has 3 rings (SSSR count). The molecule has 1 unspecified atom stereocenters. The minimum Gasteiger partial charge on any atom is -0.344 e. The van der Waals surface area contributed by atoms with Crippen molar-refractivity contribution in [1.82, 2.24) is 20.2 Å². The highest BCUT2D eigenvalue weighted by molar-refractivity contribution is 5.87. The maximum Gasteiger partial charge on any atom is 0.245 e. The lowest BCUT2D eigenvalue weighted by molar-refractivity contribution is -0.138. The van der Waals surface area contributed by atoms with E-state index in [-0.39, 0.29) is 17.7 Å². The van der Waals surface area contributed by atoms with Gasteiger partial charge in [-0.3, -0.25) is 9.59 Å². The number of piperidine rings is 1. The van der Waals surface area contributed by atoms with Crippen molar-refractivity contribution in [1.29, 1.82) is 0 Å². The first-order chi connectivity index (χ1) is 12.0. The predicted molar refractivity (Wildman–Crippen MR) is 97.1 cm³/mol. The van der Waals surface area contributed by atoms with Gasteiger partial charge in [-0.1, -0.05) is 26.0 Å². The van der Waals surface area contributed by atoms with Gasteiger partial charge in [-0.25, -0.2) is 4.98 Å². The Kier molecular flexibility index (Phi) is 5.06. The quantitative estimate of drug-likeness (QED) is 0.896. The van der Waals surface area contributed by atoms with Crippen LogP contribution in [0.15, 0.2) is 24.3 Å². The molecule has 2 N–H and O–H groups in total. The van der Waals surface area contributed by atoms with Crippen LogP contribution in [0, 0.1) is 5.92 Å². The van der Waals surface area contributed by atoms with Crippen molar-refractivity contribution in [3.63, 3.8) is 0 Å². The third kappa shape index (κ3) is 3.83. The van der Waals surface area contributed by atoms with Gasteiger partial charge < -0.3 is 15.2 Å². The number of hydrogen-bond donors (Lipinski definition) is 2. The summed E-state index contributed by atoms with van der Waals surface area (Å²) in [5, 5.41) is 2.79. The fourth-order valence-electron chi connectivity index (χ4n) is 3.47. The lowest BCUT2D eigenvalue weighted by Gasteiger charge is -2.34. The number of likely N-dealkylation sites (tertiary alicyclic amines) is 1. The molecular formula is C19H26N4O2. The van der Waals surface area contributed by atoms with Crippen LogP contribution in [0.1, 0.15) is 45.4 Å². The summed E-state index contributed by atoms with van der Waals surface area (Å²) in [6.45, 7) is 6.77. The number of amides is 2. The van der Waals surface area contributed by atoms with E-state index in [4.69, 9.17) is 4.98 Å². The van der Waals surface area contributed by atoms with Crippen molar-refractivity contribution in [3.05, 3.63) is 30.1 Å². The van der Waals surface area contributed by atoms with E-state index in [1.54, 1.807) is 0 Å². The van der Waals surface area contributed by atoms with Crippen LogP contribution in [0.5, 0.6) is 0 Å². The number of para-hydroxylation sites is 2. The Morgan fingerprint density at radius 3 is 2.52 bits per heavy atom. The SMILES string of the molecule is CC(=O)NC(C(=O)N1CCC(c2nc3ccccc3[nH]2)CC1)C(C)C. The minimum atomic E-state index is -0.444. The molecule has 6 heteroatoms. The molecule has 1 fully saturated rings. The zero-order valence-corrected chi connectivity index (χ0v) is 15.1. The molecule has 1 saturated heterocycles. The third-order valence-electron chi connectivity index (χ3n) is 4.89. The van der Waals surface area contributed by atoms with Crippen LogP contribution in [-0.2, 0) is 9.59 Å². The molecule has 0 saturated carbocycles. The minimum absolute atomic E-state index is 0.0215. The molecule has 2 aromatic rings. The molecule has 134 valence electrons. The van der Waals surface area contributed by atoms with Crippen molar-refractivity contribution in [2.45, 2.75) is 45.6 Å². The van der Waals surface area contributed by atoms with Crippen LogP contribution in [0.4, 0.5) is 0 Å². The number of aromatic amines is 1. The van der Waals surface area contributed by atoms with E-state index >= 15 is 0 Å². The molecule has 2 amide bonds. The fourth-order valence-corrected chi connectivity index (χ4v) is 3.47. The molecule has 0 bridgehead atoms. The highest BCUT2D eigenvalue weighted by Gasteiger charge is 2.31. The summed E-state index contributed by atoms with van der Waals surface area (Å²) in [7, 11) is 0. The van der Waals surface area contributed by atoms with E-state index in [9.17, 15) is 9.59 Å². The molecule has 0 spiro atoms. The van der Waals surface area contributed by atoms with E-state index in [2.05, 4.69) is 10.3 Å². The van der Waals surface area contributed by atoms with E-state index < -0.39 is 6.04 Å². The lowest BCUT2D eigenvalue weighted by Crippen LogP contribution is -2.52. The lowest BCUT2D eigenvalue weighted by atomic mass is 9.94. The van der Waals surface area contributed by atoms with E-state index in [0.29, 0.717) is 19.0 Å². The monoisotopic (exact) mass is 342 g/mol. The predicted octanol–water partition coefficient (Wildman–Crippen LogP) is 2.43. The van der Waals surface area contributed by atoms with E-state index in [1.165, 1.54) is 6.92 Å². The third-order valence-corrected chi connectivity index (χ3v) is 4.89. The van der Waals surface area contributed by atoms with Crippen LogP contribution in [0.25, 0.3) is 11.0 Å². The zero-order chi connectivity index (χ0) is 18.0.